The lowest BCUT2D eigenvalue weighted by atomic mass is 9.91. The summed E-state index contributed by atoms with van der Waals surface area (Å²) >= 11 is 0. The molecule has 1 unspecified atom stereocenters. The van der Waals surface area contributed by atoms with Crippen molar-refractivity contribution >= 4 is 39.6 Å². The van der Waals surface area contributed by atoms with E-state index < -0.39 is 6.04 Å². The van der Waals surface area contributed by atoms with Gasteiger partial charge in [0.2, 0.25) is 5.91 Å². The van der Waals surface area contributed by atoms with Gasteiger partial charge >= 0.3 is 11.7 Å². The molecule has 1 saturated heterocycles. The number of halogens is 1. The molecule has 2 atom stereocenters. The molecule has 11 heteroatoms. The molecule has 0 spiro atoms. The number of aromatic nitrogens is 3. The minimum Gasteiger partial charge on any atom is -0.361 e. The fraction of sp³-hybridized carbons (Fsp3) is 0.361. The van der Waals surface area contributed by atoms with Gasteiger partial charge in [-0.2, -0.15) is 0 Å². The summed E-state index contributed by atoms with van der Waals surface area (Å²) < 4.78 is 16.2. The topological polar surface area (TPSA) is 109 Å². The van der Waals surface area contributed by atoms with Crippen LogP contribution in [0.1, 0.15) is 30.0 Å². The molecule has 2 aliphatic heterocycles. The average Bonchev–Trinajstić information content (AvgIpc) is 3.63. The fourth-order valence-electron chi connectivity index (χ4n) is 7.47. The molecule has 244 valence electrons. The molecule has 5 aromatic rings. The molecule has 0 saturated carbocycles. The van der Waals surface area contributed by atoms with Crippen molar-refractivity contribution < 1.29 is 14.0 Å². The van der Waals surface area contributed by atoms with Gasteiger partial charge in [-0.05, 0) is 86.8 Å². The molecule has 2 aliphatic rings. The number of urea groups is 1. The molecule has 0 bridgehead atoms. The third-order valence-corrected chi connectivity index (χ3v) is 9.61. The molecule has 3 aromatic carbocycles. The lowest BCUT2D eigenvalue weighted by molar-refractivity contribution is -0.120. The minimum absolute atomic E-state index is 0.0368. The van der Waals surface area contributed by atoms with Crippen LogP contribution in [0.5, 0.6) is 0 Å². The highest BCUT2D eigenvalue weighted by Crippen LogP contribution is 2.32. The Morgan fingerprint density at radius 1 is 1.02 bits per heavy atom. The van der Waals surface area contributed by atoms with E-state index in [4.69, 9.17) is 0 Å². The number of nitrogens with one attached hydrogen (secondary N) is 3. The Hall–Kier alpha value is -4.90. The van der Waals surface area contributed by atoms with Crippen LogP contribution in [-0.2, 0) is 17.6 Å². The van der Waals surface area contributed by atoms with Gasteiger partial charge in [-0.3, -0.25) is 9.36 Å². The van der Waals surface area contributed by atoms with Crippen LogP contribution in [0.25, 0.3) is 21.9 Å². The number of para-hydroxylation sites is 3. The summed E-state index contributed by atoms with van der Waals surface area (Å²) in [7, 11) is 3.98. The highest BCUT2D eigenvalue weighted by atomic mass is 19.1. The number of piperidine rings is 1. The number of imidazole rings is 1. The summed E-state index contributed by atoms with van der Waals surface area (Å²) in [6.45, 7) is 2.12. The number of benzene rings is 3. The Morgan fingerprint density at radius 2 is 1.77 bits per heavy atom. The van der Waals surface area contributed by atoms with Gasteiger partial charge < -0.3 is 30.0 Å². The summed E-state index contributed by atoms with van der Waals surface area (Å²) in [5.74, 6) is -0.441. The summed E-state index contributed by atoms with van der Waals surface area (Å²) in [5, 5.41) is 4.09. The van der Waals surface area contributed by atoms with Crippen molar-refractivity contribution in [3.63, 3.8) is 0 Å². The third kappa shape index (κ3) is 6.15. The number of hydrogen-bond donors (Lipinski definition) is 3. The minimum atomic E-state index is -0.855. The number of rotatable bonds is 7. The molecule has 3 amide bonds. The van der Waals surface area contributed by atoms with Crippen molar-refractivity contribution in [3.05, 3.63) is 100 Å². The zero-order chi connectivity index (χ0) is 32.7. The number of carbonyl (C=O) groups excluding carboxylic acids is 2. The average molecular weight is 638 g/mol. The van der Waals surface area contributed by atoms with Crippen molar-refractivity contribution in [2.24, 2.45) is 5.92 Å². The molecule has 3 N–H and O–H groups in total. The molecule has 47 heavy (non-hydrogen) atoms. The lowest BCUT2D eigenvalue weighted by Gasteiger charge is -2.38. The van der Waals surface area contributed by atoms with E-state index >= 15 is 0 Å². The second kappa shape index (κ2) is 12.7. The molecule has 4 heterocycles. The molecular formula is C36H40FN7O3. The number of carbonyl (C=O) groups is 2. The normalized spacial score (nSPS) is 17.7. The van der Waals surface area contributed by atoms with Gasteiger partial charge in [-0.1, -0.05) is 30.3 Å². The zero-order valence-corrected chi connectivity index (χ0v) is 26.7. The van der Waals surface area contributed by atoms with E-state index in [0.29, 0.717) is 51.0 Å². The van der Waals surface area contributed by atoms with E-state index in [1.165, 1.54) is 12.1 Å². The van der Waals surface area contributed by atoms with E-state index in [-0.39, 0.29) is 35.4 Å². The van der Waals surface area contributed by atoms with E-state index in [2.05, 4.69) is 20.2 Å². The zero-order valence-electron chi connectivity index (χ0n) is 26.7. The Balaban J connectivity index is 1.14. The Bertz CT molecular complexity index is 1990. The van der Waals surface area contributed by atoms with Crippen molar-refractivity contribution in [2.75, 3.05) is 45.2 Å². The number of anilines is 1. The number of aromatic amines is 2. The van der Waals surface area contributed by atoms with Crippen LogP contribution < -0.4 is 15.9 Å². The number of fused-ring (bicyclic) bond motifs is 3. The van der Waals surface area contributed by atoms with Gasteiger partial charge in [0.1, 0.15) is 11.9 Å². The Morgan fingerprint density at radius 3 is 2.55 bits per heavy atom. The highest BCUT2D eigenvalue weighted by Gasteiger charge is 2.35. The van der Waals surface area contributed by atoms with Crippen molar-refractivity contribution in [2.45, 2.75) is 37.8 Å². The first-order chi connectivity index (χ1) is 22.7. The molecule has 2 aromatic heterocycles. The second-order valence-electron chi connectivity index (χ2n) is 13.2. The monoisotopic (exact) mass is 637 g/mol. The largest absolute Gasteiger partial charge is 0.361 e. The second-order valence-corrected chi connectivity index (χ2v) is 13.2. The van der Waals surface area contributed by atoms with Crippen LogP contribution in [0.2, 0.25) is 0 Å². The molecule has 0 aliphatic carbocycles. The third-order valence-electron chi connectivity index (χ3n) is 9.61. The van der Waals surface area contributed by atoms with E-state index in [1.54, 1.807) is 20.4 Å². The van der Waals surface area contributed by atoms with Gasteiger partial charge in [0.05, 0.1) is 11.0 Å². The molecular weight excluding hydrogens is 597 g/mol. The van der Waals surface area contributed by atoms with Crippen LogP contribution in [0.3, 0.4) is 0 Å². The molecule has 0 radical (unpaired) electrons. The maximum Gasteiger partial charge on any atom is 0.326 e. The highest BCUT2D eigenvalue weighted by molar-refractivity contribution is 6.00. The smallest absolute Gasteiger partial charge is 0.326 e. The van der Waals surface area contributed by atoms with Gasteiger partial charge in [-0.25, -0.2) is 14.0 Å². The standard InChI is InChI=1S/C36H40FN7O3/c1-41(2)21-23-17-24-18-26(37)11-12-32(24)43(22-23)34(45)31(19-25-20-38-29-8-4-3-7-28(25)29)40-35(46)42-15-13-27(14-16-42)44-33-10-6-5-9-30(33)39-36(44)47/h3-12,18,20,23,27,31,38H,13-17,19,21-22H2,1-2H3,(H,39,47)(H,40,46)/t23?,31-/m1/s1. The quantitative estimate of drug-likeness (QED) is 0.241. The lowest BCUT2D eigenvalue weighted by Crippen LogP contribution is -2.56. The summed E-state index contributed by atoms with van der Waals surface area (Å²) in [6.07, 6.45) is 4.10. The number of H-pyrrole nitrogens is 2. The first kappa shape index (κ1) is 30.7. The number of amides is 3. The van der Waals surface area contributed by atoms with Crippen LogP contribution >= 0.6 is 0 Å². The SMILES string of the molecule is CN(C)CC1Cc2cc(F)ccc2N(C(=O)[C@@H](Cc2c[nH]c3ccccc23)NC(=O)N2CCC(n3c(=O)[nH]c4ccccc43)CC2)C1. The van der Waals surface area contributed by atoms with Gasteiger partial charge in [0.15, 0.2) is 0 Å². The van der Waals surface area contributed by atoms with Crippen LogP contribution in [-0.4, -0.2) is 82.6 Å². The molecule has 7 rings (SSSR count). The van der Waals surface area contributed by atoms with Gasteiger partial charge in [0, 0.05) is 61.4 Å². The number of hydrogen-bond acceptors (Lipinski definition) is 4. The van der Waals surface area contributed by atoms with Crippen molar-refractivity contribution in [1.29, 1.82) is 0 Å². The Kier molecular flexibility index (Phi) is 8.31. The van der Waals surface area contributed by atoms with Crippen LogP contribution in [0.4, 0.5) is 14.9 Å². The fourth-order valence-corrected chi connectivity index (χ4v) is 7.47. The summed E-state index contributed by atoms with van der Waals surface area (Å²) in [6, 6.07) is 18.9. The van der Waals surface area contributed by atoms with Crippen molar-refractivity contribution in [3.8, 4) is 0 Å². The van der Waals surface area contributed by atoms with Crippen LogP contribution in [0, 0.1) is 11.7 Å². The number of likely N-dealkylation sites (tertiary alicyclic amines) is 1. The Labute approximate surface area is 272 Å². The van der Waals surface area contributed by atoms with E-state index in [0.717, 1.165) is 39.6 Å². The molecule has 1 fully saturated rings. The first-order valence-corrected chi connectivity index (χ1v) is 16.3. The van der Waals surface area contributed by atoms with Gasteiger partial charge in [0.25, 0.3) is 0 Å². The number of nitrogens with zero attached hydrogens (tertiary/aromatic N) is 4. The van der Waals surface area contributed by atoms with Crippen molar-refractivity contribution in [1.82, 2.24) is 29.7 Å². The predicted molar refractivity (Wildman–Crippen MR) is 181 cm³/mol. The van der Waals surface area contributed by atoms with Crippen LogP contribution in [0.15, 0.2) is 77.7 Å². The molecule has 10 nitrogen and oxygen atoms in total. The predicted octanol–water partition coefficient (Wildman–Crippen LogP) is 4.67. The van der Waals surface area contributed by atoms with E-state index in [1.807, 2.05) is 68.8 Å². The van der Waals surface area contributed by atoms with Gasteiger partial charge in [-0.15, -0.1) is 0 Å². The first-order valence-electron chi connectivity index (χ1n) is 16.3. The maximum absolute atomic E-state index is 14.6. The summed E-state index contributed by atoms with van der Waals surface area (Å²) in [5.41, 5.74) is 4.88. The maximum atomic E-state index is 14.6. The summed E-state index contributed by atoms with van der Waals surface area (Å²) in [4.78, 5) is 53.0. The van der Waals surface area contributed by atoms with E-state index in [9.17, 15) is 18.8 Å².